The minimum absolute atomic E-state index is 0.120. The predicted octanol–water partition coefficient (Wildman–Crippen LogP) is 0.185. The summed E-state index contributed by atoms with van der Waals surface area (Å²) < 4.78 is 4.75. The van der Waals surface area contributed by atoms with E-state index in [4.69, 9.17) is 9.84 Å². The van der Waals surface area contributed by atoms with Gasteiger partial charge in [0.05, 0.1) is 13.0 Å². The molecule has 0 aromatic rings. The summed E-state index contributed by atoms with van der Waals surface area (Å²) in [7, 11) is 1.54. The maximum Gasteiger partial charge on any atom is 0.315 e. The van der Waals surface area contributed by atoms with Gasteiger partial charge in [-0.05, 0) is 13.8 Å². The van der Waals surface area contributed by atoms with Gasteiger partial charge < -0.3 is 20.5 Å². The molecule has 0 radical (unpaired) electrons. The Labute approximate surface area is 89.0 Å². The molecule has 0 aromatic heterocycles. The first-order valence-electron chi connectivity index (χ1n) is 4.64. The van der Waals surface area contributed by atoms with Crippen LogP contribution in [0.3, 0.4) is 0 Å². The highest BCUT2D eigenvalue weighted by Crippen LogP contribution is 2.07. The van der Waals surface area contributed by atoms with Gasteiger partial charge in [-0.15, -0.1) is 0 Å². The molecule has 3 N–H and O–H groups in total. The quantitative estimate of drug-likeness (QED) is 0.555. The molecule has 0 unspecified atom stereocenters. The molecule has 0 saturated heterocycles. The summed E-state index contributed by atoms with van der Waals surface area (Å²) in [5, 5.41) is 13.7. The Kier molecular flexibility index (Phi) is 5.69. The average Bonchev–Trinajstić information content (AvgIpc) is 2.00. The van der Waals surface area contributed by atoms with Crippen LogP contribution in [0.2, 0.25) is 0 Å². The molecule has 0 atom stereocenters. The summed E-state index contributed by atoms with van der Waals surface area (Å²) in [5.74, 6) is -0.947. The Hall–Kier alpha value is -1.30. The highest BCUT2D eigenvalue weighted by Gasteiger charge is 2.23. The molecule has 0 aromatic carbocycles. The number of amides is 2. The monoisotopic (exact) mass is 218 g/mol. The largest absolute Gasteiger partial charge is 0.481 e. The lowest BCUT2D eigenvalue weighted by Gasteiger charge is -2.24. The molecule has 0 aliphatic heterocycles. The predicted molar refractivity (Wildman–Crippen MR) is 54.7 cm³/mol. The van der Waals surface area contributed by atoms with Crippen molar-refractivity contribution in [2.24, 2.45) is 0 Å². The zero-order valence-electron chi connectivity index (χ0n) is 9.29. The molecule has 6 nitrogen and oxygen atoms in total. The zero-order valence-corrected chi connectivity index (χ0v) is 9.29. The molecule has 15 heavy (non-hydrogen) atoms. The third kappa shape index (κ3) is 7.75. The van der Waals surface area contributed by atoms with E-state index < -0.39 is 17.5 Å². The zero-order chi connectivity index (χ0) is 11.9. The van der Waals surface area contributed by atoms with Crippen molar-refractivity contribution >= 4 is 12.0 Å². The van der Waals surface area contributed by atoms with Crippen molar-refractivity contribution < 1.29 is 19.4 Å². The second-order valence-electron chi connectivity index (χ2n) is 3.83. The second-order valence-corrected chi connectivity index (χ2v) is 3.83. The van der Waals surface area contributed by atoms with Crippen LogP contribution in [0.1, 0.15) is 20.3 Å². The summed E-state index contributed by atoms with van der Waals surface area (Å²) in [6.07, 6.45) is -0.120. The van der Waals surface area contributed by atoms with Crippen molar-refractivity contribution in [2.45, 2.75) is 25.8 Å². The number of carboxylic acids is 1. The van der Waals surface area contributed by atoms with Crippen LogP contribution in [-0.4, -0.2) is 42.9 Å². The minimum Gasteiger partial charge on any atom is -0.481 e. The number of carbonyl (C=O) groups is 2. The summed E-state index contributed by atoms with van der Waals surface area (Å²) in [5.41, 5.74) is -0.761. The fourth-order valence-electron chi connectivity index (χ4n) is 1.04. The van der Waals surface area contributed by atoms with Gasteiger partial charge in [0, 0.05) is 19.2 Å². The first-order chi connectivity index (χ1) is 6.87. The summed E-state index contributed by atoms with van der Waals surface area (Å²) >= 11 is 0. The number of carboxylic acid groups (broad SMARTS) is 1. The van der Waals surface area contributed by atoms with Gasteiger partial charge in [0.2, 0.25) is 0 Å². The summed E-state index contributed by atoms with van der Waals surface area (Å²) in [4.78, 5) is 21.7. The SMILES string of the molecule is COCCNC(=O)NC(C)(C)CC(=O)O. The van der Waals surface area contributed by atoms with Crippen LogP contribution in [0, 0.1) is 0 Å². The van der Waals surface area contributed by atoms with Gasteiger partial charge in [0.25, 0.3) is 0 Å². The number of rotatable bonds is 6. The topological polar surface area (TPSA) is 87.7 Å². The van der Waals surface area contributed by atoms with Crippen molar-refractivity contribution in [3.8, 4) is 0 Å². The lowest BCUT2D eigenvalue weighted by molar-refractivity contribution is -0.138. The van der Waals surface area contributed by atoms with E-state index in [0.717, 1.165) is 0 Å². The van der Waals surface area contributed by atoms with Gasteiger partial charge in [-0.1, -0.05) is 0 Å². The maximum absolute atomic E-state index is 11.2. The van der Waals surface area contributed by atoms with Crippen LogP contribution in [0.4, 0.5) is 4.79 Å². The van der Waals surface area contributed by atoms with E-state index in [0.29, 0.717) is 13.2 Å². The third-order valence-electron chi connectivity index (χ3n) is 1.64. The van der Waals surface area contributed by atoms with Gasteiger partial charge in [-0.25, -0.2) is 4.79 Å². The minimum atomic E-state index is -0.947. The Morgan fingerprint density at radius 2 is 2.00 bits per heavy atom. The van der Waals surface area contributed by atoms with Crippen LogP contribution in [0.25, 0.3) is 0 Å². The summed E-state index contributed by atoms with van der Waals surface area (Å²) in [6, 6.07) is -0.390. The number of nitrogens with one attached hydrogen (secondary N) is 2. The van der Waals surface area contributed by atoms with Crippen molar-refractivity contribution in [2.75, 3.05) is 20.3 Å². The van der Waals surface area contributed by atoms with Crippen LogP contribution >= 0.6 is 0 Å². The molecule has 0 heterocycles. The molecule has 0 aliphatic rings. The van der Waals surface area contributed by atoms with Crippen LogP contribution in [0.15, 0.2) is 0 Å². The Morgan fingerprint density at radius 3 is 2.47 bits per heavy atom. The fraction of sp³-hybridized carbons (Fsp3) is 0.778. The van der Waals surface area contributed by atoms with Crippen molar-refractivity contribution in [3.05, 3.63) is 0 Å². The van der Waals surface area contributed by atoms with E-state index in [1.807, 2.05) is 0 Å². The van der Waals surface area contributed by atoms with E-state index in [9.17, 15) is 9.59 Å². The van der Waals surface area contributed by atoms with Gasteiger partial charge in [0.1, 0.15) is 0 Å². The summed E-state index contributed by atoms with van der Waals surface area (Å²) in [6.45, 7) is 4.12. The number of ether oxygens (including phenoxy) is 1. The molecule has 2 amide bonds. The molecule has 88 valence electrons. The number of aliphatic carboxylic acids is 1. The van der Waals surface area contributed by atoms with E-state index in [2.05, 4.69) is 10.6 Å². The maximum atomic E-state index is 11.2. The van der Waals surface area contributed by atoms with Gasteiger partial charge >= 0.3 is 12.0 Å². The lowest BCUT2D eigenvalue weighted by atomic mass is 10.0. The van der Waals surface area contributed by atoms with Crippen LogP contribution < -0.4 is 10.6 Å². The number of hydrogen-bond acceptors (Lipinski definition) is 3. The highest BCUT2D eigenvalue weighted by atomic mass is 16.5. The number of methoxy groups -OCH3 is 1. The van der Waals surface area contributed by atoms with Crippen LogP contribution in [-0.2, 0) is 9.53 Å². The molecule has 0 rings (SSSR count). The molecular weight excluding hydrogens is 200 g/mol. The van der Waals surface area contributed by atoms with Crippen molar-refractivity contribution in [3.63, 3.8) is 0 Å². The Bertz CT molecular complexity index is 228. The molecule has 0 fully saturated rings. The van der Waals surface area contributed by atoms with E-state index in [-0.39, 0.29) is 6.42 Å². The van der Waals surface area contributed by atoms with Gasteiger partial charge in [-0.2, -0.15) is 0 Å². The normalized spacial score (nSPS) is 10.9. The van der Waals surface area contributed by atoms with Gasteiger partial charge in [0.15, 0.2) is 0 Å². The molecule has 0 spiro atoms. The van der Waals surface area contributed by atoms with Gasteiger partial charge in [-0.3, -0.25) is 4.79 Å². The molecule has 0 saturated carbocycles. The molecular formula is C9H18N2O4. The second kappa shape index (κ2) is 6.23. The van der Waals surface area contributed by atoms with Crippen molar-refractivity contribution in [1.82, 2.24) is 10.6 Å². The molecule has 0 aliphatic carbocycles. The first-order valence-corrected chi connectivity index (χ1v) is 4.64. The number of hydrogen-bond donors (Lipinski definition) is 3. The first kappa shape index (κ1) is 13.7. The smallest absolute Gasteiger partial charge is 0.315 e. The molecule has 6 heteroatoms. The highest BCUT2D eigenvalue weighted by molar-refractivity contribution is 5.76. The fourth-order valence-corrected chi connectivity index (χ4v) is 1.04. The standard InChI is InChI=1S/C9H18N2O4/c1-9(2,6-7(12)13)11-8(14)10-4-5-15-3/h4-6H2,1-3H3,(H,12,13)(H2,10,11,14). The van der Waals surface area contributed by atoms with E-state index >= 15 is 0 Å². The van der Waals surface area contributed by atoms with Crippen molar-refractivity contribution in [1.29, 1.82) is 0 Å². The van der Waals surface area contributed by atoms with E-state index in [1.54, 1.807) is 13.8 Å². The molecule has 0 bridgehead atoms. The number of urea groups is 1. The Balaban J connectivity index is 3.88. The third-order valence-corrected chi connectivity index (χ3v) is 1.64. The lowest BCUT2D eigenvalue weighted by Crippen LogP contribution is -2.49. The van der Waals surface area contributed by atoms with E-state index in [1.165, 1.54) is 7.11 Å². The Morgan fingerprint density at radius 1 is 1.40 bits per heavy atom. The average molecular weight is 218 g/mol. The number of carbonyl (C=O) groups excluding carboxylic acids is 1. The van der Waals surface area contributed by atoms with Crippen LogP contribution in [0.5, 0.6) is 0 Å².